The van der Waals surface area contributed by atoms with E-state index in [0.717, 1.165) is 0 Å². The van der Waals surface area contributed by atoms with E-state index in [4.69, 9.17) is 15.6 Å². The van der Waals surface area contributed by atoms with E-state index in [9.17, 15) is 5.11 Å². The molecule has 9 nitrogen and oxygen atoms in total. The Kier molecular flexibility index (Phi) is 3.97. The van der Waals surface area contributed by atoms with Crippen LogP contribution in [0.1, 0.15) is 12.6 Å². The van der Waals surface area contributed by atoms with Crippen LogP contribution >= 0.6 is 0 Å². The average Bonchev–Trinajstić information content (AvgIpc) is 3.08. The first-order chi connectivity index (χ1) is 10.2. The van der Waals surface area contributed by atoms with Gasteiger partial charge in [-0.05, 0) is 0 Å². The van der Waals surface area contributed by atoms with Crippen molar-refractivity contribution in [2.45, 2.75) is 24.9 Å². The van der Waals surface area contributed by atoms with Crippen LogP contribution in [0.2, 0.25) is 0 Å². The van der Waals surface area contributed by atoms with Crippen LogP contribution in [-0.2, 0) is 4.74 Å². The molecular formula is C12H18N6O3. The van der Waals surface area contributed by atoms with E-state index in [0.29, 0.717) is 36.5 Å². The number of aromatic nitrogens is 4. The Morgan fingerprint density at radius 3 is 3.00 bits per heavy atom. The third-order valence-electron chi connectivity index (χ3n) is 3.49. The van der Waals surface area contributed by atoms with Crippen LogP contribution in [0, 0.1) is 0 Å². The fraction of sp³-hybridized carbons (Fsp3) is 0.583. The normalized spacial score (nSPS) is 25.6. The molecule has 21 heavy (non-hydrogen) atoms. The molecule has 3 unspecified atom stereocenters. The van der Waals surface area contributed by atoms with Gasteiger partial charge in [0.2, 0.25) is 0 Å². The van der Waals surface area contributed by atoms with Crippen molar-refractivity contribution in [1.29, 1.82) is 0 Å². The molecule has 3 heterocycles. The van der Waals surface area contributed by atoms with Gasteiger partial charge in [-0.3, -0.25) is 4.57 Å². The van der Waals surface area contributed by atoms with E-state index in [1.807, 2.05) is 0 Å². The first kappa shape index (κ1) is 14.1. The molecule has 1 fully saturated rings. The summed E-state index contributed by atoms with van der Waals surface area (Å²) in [4.78, 5) is 12.7. The zero-order chi connectivity index (χ0) is 14.8. The van der Waals surface area contributed by atoms with Crippen molar-refractivity contribution >= 4 is 17.0 Å². The zero-order valence-corrected chi connectivity index (χ0v) is 11.4. The molecule has 2 aromatic heterocycles. The summed E-state index contributed by atoms with van der Waals surface area (Å²) in [6.07, 6.45) is 1.74. The predicted molar refractivity (Wildman–Crippen MR) is 74.5 cm³/mol. The monoisotopic (exact) mass is 294 g/mol. The fourth-order valence-electron chi connectivity index (χ4n) is 2.43. The Balaban J connectivity index is 1.90. The Morgan fingerprint density at radius 2 is 2.29 bits per heavy atom. The molecule has 0 aliphatic carbocycles. The highest BCUT2D eigenvalue weighted by atomic mass is 16.5. The van der Waals surface area contributed by atoms with Crippen LogP contribution in [0.15, 0.2) is 12.7 Å². The molecule has 114 valence electrons. The van der Waals surface area contributed by atoms with Gasteiger partial charge in [0.15, 0.2) is 17.0 Å². The third-order valence-corrected chi connectivity index (χ3v) is 3.49. The number of anilines is 1. The number of aliphatic hydroxyl groups excluding tert-OH is 2. The van der Waals surface area contributed by atoms with Crippen LogP contribution in [0.3, 0.4) is 0 Å². The molecule has 0 spiro atoms. The maximum atomic E-state index is 9.82. The van der Waals surface area contributed by atoms with E-state index >= 15 is 0 Å². The van der Waals surface area contributed by atoms with Gasteiger partial charge >= 0.3 is 0 Å². The molecule has 5 N–H and O–H groups in total. The third kappa shape index (κ3) is 2.56. The molecule has 9 heteroatoms. The molecule has 0 aromatic carbocycles. The van der Waals surface area contributed by atoms with Gasteiger partial charge in [-0.2, -0.15) is 0 Å². The molecule has 3 rings (SSSR count). The van der Waals surface area contributed by atoms with Gasteiger partial charge in [0.25, 0.3) is 0 Å². The van der Waals surface area contributed by atoms with E-state index < -0.39 is 18.4 Å². The summed E-state index contributed by atoms with van der Waals surface area (Å²) in [6, 6.07) is 0. The minimum atomic E-state index is -0.700. The largest absolute Gasteiger partial charge is 0.394 e. The molecular weight excluding hydrogens is 276 g/mol. The molecule has 0 radical (unpaired) electrons. The number of nitrogens with one attached hydrogen (secondary N) is 1. The SMILES string of the molecule is NCCNc1ncnc2c1ncn2C1CC(O)C(CO)O1. The van der Waals surface area contributed by atoms with Gasteiger partial charge in [0.1, 0.15) is 18.7 Å². The van der Waals surface area contributed by atoms with Gasteiger partial charge in [-0.15, -0.1) is 0 Å². The minimum absolute atomic E-state index is 0.220. The van der Waals surface area contributed by atoms with Crippen molar-refractivity contribution in [3.05, 3.63) is 12.7 Å². The number of hydrogen-bond acceptors (Lipinski definition) is 8. The van der Waals surface area contributed by atoms with Crippen molar-refractivity contribution in [3.63, 3.8) is 0 Å². The first-order valence-corrected chi connectivity index (χ1v) is 6.80. The Labute approximate surface area is 120 Å². The summed E-state index contributed by atoms with van der Waals surface area (Å²) in [5.41, 5.74) is 6.70. The number of aliphatic hydroxyl groups is 2. The van der Waals surface area contributed by atoms with Gasteiger partial charge < -0.3 is 26.0 Å². The molecule has 1 saturated heterocycles. The lowest BCUT2D eigenvalue weighted by Gasteiger charge is -2.13. The number of imidazole rings is 1. The fourth-order valence-corrected chi connectivity index (χ4v) is 2.43. The number of hydrogen-bond donors (Lipinski definition) is 4. The number of nitrogens with two attached hydrogens (primary N) is 1. The summed E-state index contributed by atoms with van der Waals surface area (Å²) in [5.74, 6) is 0.612. The quantitative estimate of drug-likeness (QED) is 0.543. The Hall–Kier alpha value is -1.81. The van der Waals surface area contributed by atoms with E-state index in [1.54, 1.807) is 10.9 Å². The van der Waals surface area contributed by atoms with Gasteiger partial charge in [0.05, 0.1) is 19.0 Å². The van der Waals surface area contributed by atoms with Crippen molar-refractivity contribution in [2.75, 3.05) is 25.0 Å². The summed E-state index contributed by atoms with van der Waals surface area (Å²) >= 11 is 0. The van der Waals surface area contributed by atoms with Crippen LogP contribution in [0.25, 0.3) is 11.2 Å². The number of ether oxygens (including phenoxy) is 1. The van der Waals surface area contributed by atoms with Gasteiger partial charge in [-0.25, -0.2) is 15.0 Å². The highest BCUT2D eigenvalue weighted by Crippen LogP contribution is 2.31. The molecule has 0 bridgehead atoms. The van der Waals surface area contributed by atoms with E-state index in [1.165, 1.54) is 6.33 Å². The lowest BCUT2D eigenvalue weighted by atomic mass is 10.2. The Morgan fingerprint density at radius 1 is 1.43 bits per heavy atom. The number of fused-ring (bicyclic) bond motifs is 1. The second kappa shape index (κ2) is 5.90. The topological polar surface area (TPSA) is 131 Å². The summed E-state index contributed by atoms with van der Waals surface area (Å²) in [6.45, 7) is 0.856. The van der Waals surface area contributed by atoms with Crippen LogP contribution < -0.4 is 11.1 Å². The van der Waals surface area contributed by atoms with Crippen molar-refractivity contribution in [3.8, 4) is 0 Å². The lowest BCUT2D eigenvalue weighted by Crippen LogP contribution is -2.24. The van der Waals surface area contributed by atoms with Crippen molar-refractivity contribution in [1.82, 2.24) is 19.5 Å². The summed E-state index contributed by atoms with van der Waals surface area (Å²) in [7, 11) is 0. The van der Waals surface area contributed by atoms with Crippen LogP contribution in [0.4, 0.5) is 5.82 Å². The molecule has 0 amide bonds. The zero-order valence-electron chi connectivity index (χ0n) is 11.4. The number of nitrogens with zero attached hydrogens (tertiary/aromatic N) is 4. The molecule has 0 saturated carbocycles. The molecule has 1 aliphatic rings. The Bertz CT molecular complexity index is 618. The average molecular weight is 294 g/mol. The highest BCUT2D eigenvalue weighted by Gasteiger charge is 2.35. The predicted octanol–water partition coefficient (Wildman–Crippen LogP) is -1.16. The summed E-state index contributed by atoms with van der Waals surface area (Å²) < 4.78 is 7.36. The van der Waals surface area contributed by atoms with E-state index in [-0.39, 0.29) is 6.61 Å². The van der Waals surface area contributed by atoms with Crippen molar-refractivity contribution in [2.24, 2.45) is 5.73 Å². The highest BCUT2D eigenvalue weighted by molar-refractivity contribution is 5.82. The second-order valence-electron chi connectivity index (χ2n) is 4.88. The second-order valence-corrected chi connectivity index (χ2v) is 4.88. The maximum Gasteiger partial charge on any atom is 0.167 e. The van der Waals surface area contributed by atoms with Gasteiger partial charge in [0, 0.05) is 19.5 Å². The van der Waals surface area contributed by atoms with Crippen LogP contribution in [0.5, 0.6) is 0 Å². The molecule has 3 atom stereocenters. The van der Waals surface area contributed by atoms with Gasteiger partial charge in [-0.1, -0.05) is 0 Å². The van der Waals surface area contributed by atoms with Crippen LogP contribution in [-0.4, -0.2) is 61.6 Å². The number of rotatable bonds is 5. The first-order valence-electron chi connectivity index (χ1n) is 6.80. The smallest absolute Gasteiger partial charge is 0.167 e. The summed E-state index contributed by atoms with van der Waals surface area (Å²) in [5, 5.41) is 22.1. The standard InChI is InChI=1S/C12H18N6O3/c13-1-2-14-11-10-12(16-5-15-11)18(6-17-10)9-3-7(20)8(4-19)21-9/h5-9,19-20H,1-4,13H2,(H,14,15,16). The minimum Gasteiger partial charge on any atom is -0.394 e. The van der Waals surface area contributed by atoms with Crippen molar-refractivity contribution < 1.29 is 14.9 Å². The van der Waals surface area contributed by atoms with E-state index in [2.05, 4.69) is 20.3 Å². The molecule has 1 aliphatic heterocycles. The molecule has 2 aromatic rings. The lowest BCUT2D eigenvalue weighted by molar-refractivity contribution is -0.0432. The maximum absolute atomic E-state index is 9.82.